The third kappa shape index (κ3) is 3.00. The molecule has 0 unspecified atom stereocenters. The van der Waals surface area contributed by atoms with Crippen molar-refractivity contribution < 1.29 is 4.74 Å². The lowest BCUT2D eigenvalue weighted by Gasteiger charge is -2.20. The average Bonchev–Trinajstić information content (AvgIpc) is 2.95. The van der Waals surface area contributed by atoms with Gasteiger partial charge in [0.1, 0.15) is 0 Å². The maximum Gasteiger partial charge on any atom is 0.0978 e. The van der Waals surface area contributed by atoms with Crippen molar-refractivity contribution in [1.29, 1.82) is 0 Å². The molecule has 1 aliphatic heterocycles. The number of hydrogen-bond donors (Lipinski definition) is 1. The second-order valence-electron chi connectivity index (χ2n) is 4.80. The third-order valence-corrected chi connectivity index (χ3v) is 3.49. The first kappa shape index (κ1) is 12.3. The van der Waals surface area contributed by atoms with Crippen molar-refractivity contribution >= 4 is 0 Å². The Bertz CT molecular complexity index is 501. The fourth-order valence-electron chi connectivity index (χ4n) is 2.51. The van der Waals surface area contributed by atoms with Gasteiger partial charge in [0.25, 0.3) is 0 Å². The molecule has 0 spiro atoms. The summed E-state index contributed by atoms with van der Waals surface area (Å²) in [5, 5.41) is 3.56. The van der Waals surface area contributed by atoms with Crippen molar-refractivity contribution in [2.24, 2.45) is 0 Å². The zero-order chi connectivity index (χ0) is 12.9. The van der Waals surface area contributed by atoms with Crippen molar-refractivity contribution in [2.45, 2.75) is 25.1 Å². The molecular weight excluding hydrogens is 236 g/mol. The van der Waals surface area contributed by atoms with Gasteiger partial charge in [0.15, 0.2) is 0 Å². The molecule has 3 nitrogen and oxygen atoms in total. The van der Waals surface area contributed by atoms with E-state index >= 15 is 0 Å². The molecule has 3 rings (SSSR count). The highest BCUT2D eigenvalue weighted by Gasteiger charge is 2.28. The monoisotopic (exact) mass is 254 g/mol. The highest BCUT2D eigenvalue weighted by molar-refractivity contribution is 5.20. The fraction of sp³-hybridized carbons (Fsp3) is 0.312. The van der Waals surface area contributed by atoms with Crippen LogP contribution in [0.2, 0.25) is 0 Å². The normalized spacial score (nSPS) is 22.5. The molecule has 19 heavy (non-hydrogen) atoms. The molecule has 2 heterocycles. The topological polar surface area (TPSA) is 34.1 Å². The molecule has 1 fully saturated rings. The summed E-state index contributed by atoms with van der Waals surface area (Å²) >= 11 is 0. The quantitative estimate of drug-likeness (QED) is 0.911. The van der Waals surface area contributed by atoms with E-state index < -0.39 is 0 Å². The van der Waals surface area contributed by atoms with Crippen molar-refractivity contribution in [3.63, 3.8) is 0 Å². The van der Waals surface area contributed by atoms with Gasteiger partial charge in [0.2, 0.25) is 0 Å². The summed E-state index contributed by atoms with van der Waals surface area (Å²) in [6.45, 7) is 1.61. The van der Waals surface area contributed by atoms with E-state index in [0.29, 0.717) is 6.04 Å². The van der Waals surface area contributed by atoms with Crippen LogP contribution in [0.5, 0.6) is 0 Å². The van der Waals surface area contributed by atoms with Gasteiger partial charge in [-0.2, -0.15) is 0 Å². The summed E-state index contributed by atoms with van der Waals surface area (Å²) in [6, 6.07) is 16.8. The number of nitrogens with zero attached hydrogens (tertiary/aromatic N) is 1. The van der Waals surface area contributed by atoms with E-state index in [1.54, 1.807) is 0 Å². The first-order chi connectivity index (χ1) is 9.43. The standard InChI is InChI=1S/C16H18N2O/c1-2-6-13(7-3-1)16-15(9-11-19-16)18-12-14-8-4-5-10-17-14/h1-8,10,15-16,18H,9,11-12H2/t15-,16-/m1/s1. The Labute approximate surface area is 113 Å². The average molecular weight is 254 g/mol. The maximum absolute atomic E-state index is 5.86. The second-order valence-corrected chi connectivity index (χ2v) is 4.80. The van der Waals surface area contributed by atoms with E-state index in [2.05, 4.69) is 34.6 Å². The van der Waals surface area contributed by atoms with Gasteiger partial charge < -0.3 is 10.1 Å². The van der Waals surface area contributed by atoms with E-state index in [4.69, 9.17) is 4.74 Å². The van der Waals surface area contributed by atoms with Gasteiger partial charge in [0, 0.05) is 25.4 Å². The van der Waals surface area contributed by atoms with Gasteiger partial charge in [-0.05, 0) is 24.1 Å². The van der Waals surface area contributed by atoms with E-state index in [0.717, 1.165) is 25.3 Å². The Morgan fingerprint density at radius 1 is 1.11 bits per heavy atom. The highest BCUT2D eigenvalue weighted by atomic mass is 16.5. The van der Waals surface area contributed by atoms with Gasteiger partial charge in [-0.3, -0.25) is 4.98 Å². The Hall–Kier alpha value is -1.71. The molecule has 98 valence electrons. The minimum Gasteiger partial charge on any atom is -0.372 e. The van der Waals surface area contributed by atoms with Gasteiger partial charge in [-0.25, -0.2) is 0 Å². The predicted octanol–water partition coefficient (Wildman–Crippen LogP) is 2.70. The Morgan fingerprint density at radius 2 is 1.95 bits per heavy atom. The molecule has 1 aromatic heterocycles. The molecule has 1 saturated heterocycles. The first-order valence-electron chi connectivity index (χ1n) is 6.73. The first-order valence-corrected chi connectivity index (χ1v) is 6.73. The summed E-state index contributed by atoms with van der Waals surface area (Å²) < 4.78 is 5.86. The van der Waals surface area contributed by atoms with Crippen LogP contribution in [-0.2, 0) is 11.3 Å². The lowest BCUT2D eigenvalue weighted by Crippen LogP contribution is -2.31. The lowest BCUT2D eigenvalue weighted by molar-refractivity contribution is 0.0984. The largest absolute Gasteiger partial charge is 0.372 e. The van der Waals surface area contributed by atoms with Crippen molar-refractivity contribution in [1.82, 2.24) is 10.3 Å². The third-order valence-electron chi connectivity index (χ3n) is 3.49. The van der Waals surface area contributed by atoms with E-state index in [9.17, 15) is 0 Å². The van der Waals surface area contributed by atoms with Crippen LogP contribution in [0.3, 0.4) is 0 Å². The number of nitrogens with one attached hydrogen (secondary N) is 1. The molecule has 0 bridgehead atoms. The van der Waals surface area contributed by atoms with Gasteiger partial charge in [0.05, 0.1) is 11.8 Å². The molecule has 0 aliphatic carbocycles. The zero-order valence-corrected chi connectivity index (χ0v) is 10.8. The molecule has 0 saturated carbocycles. The fourth-order valence-corrected chi connectivity index (χ4v) is 2.51. The maximum atomic E-state index is 5.86. The van der Waals surface area contributed by atoms with Crippen LogP contribution in [0.1, 0.15) is 23.8 Å². The van der Waals surface area contributed by atoms with Crippen LogP contribution >= 0.6 is 0 Å². The van der Waals surface area contributed by atoms with Crippen LogP contribution in [0.4, 0.5) is 0 Å². The molecule has 2 atom stereocenters. The molecule has 3 heteroatoms. The van der Waals surface area contributed by atoms with E-state index in [1.807, 2.05) is 30.5 Å². The van der Waals surface area contributed by atoms with Gasteiger partial charge in [-0.15, -0.1) is 0 Å². The Kier molecular flexibility index (Phi) is 3.86. The number of rotatable bonds is 4. The molecule has 1 N–H and O–H groups in total. The van der Waals surface area contributed by atoms with Crippen LogP contribution in [0, 0.1) is 0 Å². The van der Waals surface area contributed by atoms with Crippen LogP contribution in [0.25, 0.3) is 0 Å². The number of hydrogen-bond acceptors (Lipinski definition) is 3. The van der Waals surface area contributed by atoms with Gasteiger partial charge >= 0.3 is 0 Å². The van der Waals surface area contributed by atoms with Gasteiger partial charge in [-0.1, -0.05) is 36.4 Å². The summed E-state index contributed by atoms with van der Waals surface area (Å²) in [6.07, 6.45) is 3.04. The molecular formula is C16H18N2O. The summed E-state index contributed by atoms with van der Waals surface area (Å²) in [4.78, 5) is 4.33. The smallest absolute Gasteiger partial charge is 0.0978 e. The summed E-state index contributed by atoms with van der Waals surface area (Å²) in [5.74, 6) is 0. The molecule has 2 aromatic rings. The SMILES string of the molecule is c1ccc([C@H]2OCC[C@H]2NCc2ccccn2)cc1. The number of pyridine rings is 1. The number of benzene rings is 1. The minimum atomic E-state index is 0.157. The Morgan fingerprint density at radius 3 is 2.74 bits per heavy atom. The summed E-state index contributed by atoms with van der Waals surface area (Å²) in [7, 11) is 0. The van der Waals surface area contributed by atoms with Crippen LogP contribution < -0.4 is 5.32 Å². The zero-order valence-electron chi connectivity index (χ0n) is 10.8. The molecule has 1 aromatic carbocycles. The molecule has 1 aliphatic rings. The number of aromatic nitrogens is 1. The summed E-state index contributed by atoms with van der Waals surface area (Å²) in [5.41, 5.74) is 2.32. The van der Waals surface area contributed by atoms with E-state index in [-0.39, 0.29) is 6.10 Å². The van der Waals surface area contributed by atoms with Crippen molar-refractivity contribution in [3.8, 4) is 0 Å². The Balaban J connectivity index is 1.64. The predicted molar refractivity (Wildman–Crippen MR) is 74.6 cm³/mol. The van der Waals surface area contributed by atoms with E-state index in [1.165, 1.54) is 5.56 Å². The molecule has 0 amide bonds. The van der Waals surface area contributed by atoms with Crippen molar-refractivity contribution in [3.05, 3.63) is 66.0 Å². The second kappa shape index (κ2) is 5.95. The molecule has 0 radical (unpaired) electrons. The minimum absolute atomic E-state index is 0.157. The van der Waals surface area contributed by atoms with Crippen molar-refractivity contribution in [2.75, 3.05) is 6.61 Å². The highest BCUT2D eigenvalue weighted by Crippen LogP contribution is 2.29. The lowest BCUT2D eigenvalue weighted by atomic mass is 10.0. The van der Waals surface area contributed by atoms with Crippen LogP contribution in [0.15, 0.2) is 54.7 Å². The number of ether oxygens (including phenoxy) is 1. The van der Waals surface area contributed by atoms with Crippen LogP contribution in [-0.4, -0.2) is 17.6 Å².